The number of pyridine rings is 1. The number of rotatable bonds is 4. The Morgan fingerprint density at radius 3 is 2.74 bits per heavy atom. The largest absolute Gasteiger partial charge is 0.486 e. The molecule has 94 valence electrons. The molecule has 2 heterocycles. The first-order valence-electron chi connectivity index (χ1n) is 5.82. The number of benzene rings is 1. The fourth-order valence-electron chi connectivity index (χ4n) is 1.68. The summed E-state index contributed by atoms with van der Waals surface area (Å²) in [5.74, 6) is 0.972. The molecule has 0 aliphatic carbocycles. The summed E-state index contributed by atoms with van der Waals surface area (Å²) in [6.07, 6.45) is 2.93. The second kappa shape index (κ2) is 5.30. The molecule has 5 nitrogen and oxygen atoms in total. The smallest absolute Gasteiger partial charge is 0.269 e. The third kappa shape index (κ3) is 2.60. The van der Waals surface area contributed by atoms with Gasteiger partial charge in [-0.2, -0.15) is 0 Å². The van der Waals surface area contributed by atoms with Crippen LogP contribution >= 0.6 is 0 Å². The summed E-state index contributed by atoms with van der Waals surface area (Å²) in [5, 5.41) is 7.49. The average molecular weight is 253 g/mol. The van der Waals surface area contributed by atoms with E-state index in [-0.39, 0.29) is 0 Å². The predicted octanol–water partition coefficient (Wildman–Crippen LogP) is 2.71. The summed E-state index contributed by atoms with van der Waals surface area (Å²) in [7, 11) is 0. The fraction of sp³-hybridized carbons (Fsp3) is 0.0714. The average Bonchev–Trinajstić information content (AvgIpc) is 3.01. The van der Waals surface area contributed by atoms with Crippen molar-refractivity contribution in [3.05, 3.63) is 60.6 Å². The molecule has 0 atom stereocenters. The Morgan fingerprint density at radius 2 is 1.95 bits per heavy atom. The predicted molar refractivity (Wildman–Crippen MR) is 68.3 cm³/mol. The van der Waals surface area contributed by atoms with Crippen LogP contribution < -0.4 is 4.74 Å². The lowest BCUT2D eigenvalue weighted by Crippen LogP contribution is -1.98. The number of nitrogens with zero attached hydrogens (tertiary/aromatic N) is 3. The van der Waals surface area contributed by atoms with Crippen molar-refractivity contribution in [2.75, 3.05) is 0 Å². The molecule has 0 aliphatic rings. The van der Waals surface area contributed by atoms with Crippen molar-refractivity contribution in [3.8, 4) is 17.3 Å². The topological polar surface area (TPSA) is 61.0 Å². The number of hydrogen-bond donors (Lipinski definition) is 0. The van der Waals surface area contributed by atoms with Gasteiger partial charge in [-0.1, -0.05) is 30.3 Å². The zero-order valence-electron chi connectivity index (χ0n) is 10.1. The van der Waals surface area contributed by atoms with Crippen molar-refractivity contribution >= 4 is 0 Å². The van der Waals surface area contributed by atoms with Crippen molar-refractivity contribution < 1.29 is 9.15 Å². The zero-order valence-corrected chi connectivity index (χ0v) is 10.1. The van der Waals surface area contributed by atoms with E-state index in [9.17, 15) is 0 Å². The van der Waals surface area contributed by atoms with Crippen LogP contribution in [0.1, 0.15) is 5.56 Å². The first-order chi connectivity index (χ1) is 9.43. The van der Waals surface area contributed by atoms with Gasteiger partial charge < -0.3 is 9.15 Å². The molecule has 0 bridgehead atoms. The summed E-state index contributed by atoms with van der Waals surface area (Å²) >= 11 is 0. The minimum Gasteiger partial charge on any atom is -0.486 e. The van der Waals surface area contributed by atoms with E-state index >= 15 is 0 Å². The first kappa shape index (κ1) is 11.4. The van der Waals surface area contributed by atoms with Crippen LogP contribution in [0.15, 0.2) is 59.5 Å². The van der Waals surface area contributed by atoms with E-state index in [4.69, 9.17) is 9.15 Å². The highest BCUT2D eigenvalue weighted by atomic mass is 16.5. The van der Waals surface area contributed by atoms with Gasteiger partial charge in [0, 0.05) is 6.20 Å². The molecule has 0 saturated heterocycles. The molecule has 0 spiro atoms. The third-order valence-corrected chi connectivity index (χ3v) is 2.57. The molecule has 5 heteroatoms. The zero-order chi connectivity index (χ0) is 12.9. The summed E-state index contributed by atoms with van der Waals surface area (Å²) in [6, 6.07) is 13.6. The van der Waals surface area contributed by atoms with Gasteiger partial charge >= 0.3 is 0 Å². The van der Waals surface area contributed by atoms with Gasteiger partial charge in [0.2, 0.25) is 6.39 Å². The molecule has 0 unspecified atom stereocenters. The maximum Gasteiger partial charge on any atom is 0.269 e. The molecule has 3 aromatic rings. The van der Waals surface area contributed by atoms with Crippen molar-refractivity contribution in [2.45, 2.75) is 6.61 Å². The molecular weight excluding hydrogens is 242 g/mol. The van der Waals surface area contributed by atoms with Gasteiger partial charge in [-0.25, -0.2) is 4.98 Å². The van der Waals surface area contributed by atoms with Gasteiger partial charge in [-0.3, -0.25) is 0 Å². The molecule has 0 amide bonds. The second-order valence-corrected chi connectivity index (χ2v) is 3.87. The van der Waals surface area contributed by atoms with Crippen LogP contribution in [0.3, 0.4) is 0 Å². The maximum absolute atomic E-state index is 5.76. The van der Waals surface area contributed by atoms with E-state index in [0.717, 1.165) is 5.56 Å². The highest BCUT2D eigenvalue weighted by molar-refractivity contribution is 5.56. The van der Waals surface area contributed by atoms with Gasteiger partial charge in [-0.05, 0) is 17.7 Å². The second-order valence-electron chi connectivity index (χ2n) is 3.87. The molecule has 0 aliphatic heterocycles. The van der Waals surface area contributed by atoms with E-state index in [0.29, 0.717) is 23.9 Å². The van der Waals surface area contributed by atoms with Gasteiger partial charge in [0.05, 0.1) is 0 Å². The molecule has 0 fully saturated rings. The van der Waals surface area contributed by atoms with Crippen LogP contribution in [0.2, 0.25) is 0 Å². The lowest BCUT2D eigenvalue weighted by molar-refractivity contribution is 0.305. The SMILES string of the molecule is c1ccc(COc2cccnc2-c2nnco2)cc1. The van der Waals surface area contributed by atoms with E-state index in [1.807, 2.05) is 36.4 Å². The number of hydrogen-bond acceptors (Lipinski definition) is 5. The Balaban J connectivity index is 1.82. The van der Waals surface area contributed by atoms with Crippen LogP contribution in [0.4, 0.5) is 0 Å². The lowest BCUT2D eigenvalue weighted by atomic mass is 10.2. The van der Waals surface area contributed by atoms with E-state index in [2.05, 4.69) is 15.2 Å². The Kier molecular flexibility index (Phi) is 3.18. The van der Waals surface area contributed by atoms with Crippen molar-refractivity contribution in [3.63, 3.8) is 0 Å². The third-order valence-electron chi connectivity index (χ3n) is 2.57. The van der Waals surface area contributed by atoms with Crippen LogP contribution in [0.25, 0.3) is 11.6 Å². The quantitative estimate of drug-likeness (QED) is 0.715. The van der Waals surface area contributed by atoms with Crippen LogP contribution in [-0.4, -0.2) is 15.2 Å². The summed E-state index contributed by atoms with van der Waals surface area (Å²) in [6.45, 7) is 0.466. The van der Waals surface area contributed by atoms with E-state index < -0.39 is 0 Å². The highest BCUT2D eigenvalue weighted by Crippen LogP contribution is 2.26. The van der Waals surface area contributed by atoms with Crippen molar-refractivity contribution in [1.29, 1.82) is 0 Å². The molecule has 0 saturated carbocycles. The molecule has 3 rings (SSSR count). The minimum absolute atomic E-state index is 0.351. The minimum atomic E-state index is 0.351. The van der Waals surface area contributed by atoms with Crippen molar-refractivity contribution in [2.24, 2.45) is 0 Å². The molecule has 1 aromatic carbocycles. The summed E-state index contributed by atoms with van der Waals surface area (Å²) in [4.78, 5) is 4.21. The van der Waals surface area contributed by atoms with E-state index in [1.54, 1.807) is 12.3 Å². The summed E-state index contributed by atoms with van der Waals surface area (Å²) < 4.78 is 10.9. The normalized spacial score (nSPS) is 10.3. The van der Waals surface area contributed by atoms with E-state index in [1.165, 1.54) is 6.39 Å². The number of ether oxygens (including phenoxy) is 1. The van der Waals surface area contributed by atoms with Crippen LogP contribution in [-0.2, 0) is 6.61 Å². The lowest BCUT2D eigenvalue weighted by Gasteiger charge is -2.08. The van der Waals surface area contributed by atoms with Gasteiger partial charge in [-0.15, -0.1) is 10.2 Å². The molecular formula is C14H11N3O2. The monoisotopic (exact) mass is 253 g/mol. The summed E-state index contributed by atoms with van der Waals surface area (Å²) in [5.41, 5.74) is 1.64. The molecule has 0 N–H and O–H groups in total. The highest BCUT2D eigenvalue weighted by Gasteiger charge is 2.12. The Labute approximate surface area is 109 Å². The Bertz CT molecular complexity index is 639. The van der Waals surface area contributed by atoms with Gasteiger partial charge in [0.15, 0.2) is 11.4 Å². The van der Waals surface area contributed by atoms with Crippen LogP contribution in [0, 0.1) is 0 Å². The maximum atomic E-state index is 5.76. The fourth-order valence-corrected chi connectivity index (χ4v) is 1.68. The molecule has 0 radical (unpaired) electrons. The molecule has 19 heavy (non-hydrogen) atoms. The van der Waals surface area contributed by atoms with Gasteiger partial charge in [0.25, 0.3) is 5.89 Å². The van der Waals surface area contributed by atoms with Crippen molar-refractivity contribution in [1.82, 2.24) is 15.2 Å². The standard InChI is InChI=1S/C14H11N3O2/c1-2-5-11(6-3-1)9-18-12-7-4-8-15-13(12)14-17-16-10-19-14/h1-8,10H,9H2. The Hall–Kier alpha value is -2.69. The first-order valence-corrected chi connectivity index (χ1v) is 5.82. The number of aromatic nitrogens is 3. The molecule has 2 aromatic heterocycles. The van der Waals surface area contributed by atoms with Crippen LogP contribution in [0.5, 0.6) is 5.75 Å². The Morgan fingerprint density at radius 1 is 1.05 bits per heavy atom. The van der Waals surface area contributed by atoms with Gasteiger partial charge in [0.1, 0.15) is 6.61 Å².